The molecule has 0 spiro atoms. The molecule has 1 fully saturated rings. The van der Waals surface area contributed by atoms with Crippen LogP contribution in [0.3, 0.4) is 0 Å². The minimum atomic E-state index is -0.424. The van der Waals surface area contributed by atoms with E-state index in [1.165, 1.54) is 16.7 Å². The molecule has 2 N–H and O–H groups in total. The van der Waals surface area contributed by atoms with Gasteiger partial charge in [-0.1, -0.05) is 44.2 Å². The molecule has 3 rings (SSSR count). The molecule has 1 aliphatic rings. The maximum Gasteiger partial charge on any atom is 0.247 e. The summed E-state index contributed by atoms with van der Waals surface area (Å²) in [7, 11) is 0. The second kappa shape index (κ2) is 7.31. The van der Waals surface area contributed by atoms with Crippen molar-refractivity contribution < 1.29 is 9.59 Å². The predicted molar refractivity (Wildman–Crippen MR) is 103 cm³/mol. The average Bonchev–Trinajstić information content (AvgIpc) is 2.89. The number of hydrogen-bond acceptors (Lipinski definition) is 4. The van der Waals surface area contributed by atoms with Crippen LogP contribution in [0.25, 0.3) is 0 Å². The summed E-state index contributed by atoms with van der Waals surface area (Å²) in [4.78, 5) is 27.9. The third-order valence-corrected chi connectivity index (χ3v) is 5.76. The highest BCUT2D eigenvalue weighted by Crippen LogP contribution is 2.38. The zero-order valence-electron chi connectivity index (χ0n) is 14.5. The van der Waals surface area contributed by atoms with Gasteiger partial charge in [-0.25, -0.2) is 4.90 Å². The summed E-state index contributed by atoms with van der Waals surface area (Å²) in [6.45, 7) is 4.08. The third kappa shape index (κ3) is 3.29. The van der Waals surface area contributed by atoms with Crippen LogP contribution in [0.5, 0.6) is 0 Å². The summed E-state index contributed by atoms with van der Waals surface area (Å²) in [5, 5.41) is -0.424. The minimum absolute atomic E-state index is 0.132. The first-order valence-corrected chi connectivity index (χ1v) is 9.43. The van der Waals surface area contributed by atoms with Crippen LogP contribution in [0.2, 0.25) is 0 Å². The molecule has 130 valence electrons. The number of rotatable bonds is 5. The van der Waals surface area contributed by atoms with E-state index in [9.17, 15) is 9.59 Å². The molecule has 0 aliphatic carbocycles. The topological polar surface area (TPSA) is 63.4 Å². The summed E-state index contributed by atoms with van der Waals surface area (Å²) in [6, 6.07) is 13.4. The zero-order chi connectivity index (χ0) is 18.0. The number of amides is 2. The normalized spacial score (nSPS) is 17.4. The van der Waals surface area contributed by atoms with Gasteiger partial charge in [0.25, 0.3) is 0 Å². The van der Waals surface area contributed by atoms with Crippen LogP contribution in [0.1, 0.15) is 31.4 Å². The number of hydrogen-bond donors (Lipinski definition) is 1. The molecule has 0 saturated carbocycles. The van der Waals surface area contributed by atoms with Crippen molar-refractivity contribution >= 4 is 35.0 Å². The molecule has 2 aromatic rings. The fourth-order valence-electron chi connectivity index (χ4n) is 3.17. The average molecular weight is 354 g/mol. The summed E-state index contributed by atoms with van der Waals surface area (Å²) < 4.78 is 0. The van der Waals surface area contributed by atoms with Gasteiger partial charge in [0.2, 0.25) is 11.8 Å². The maximum absolute atomic E-state index is 13.0. The summed E-state index contributed by atoms with van der Waals surface area (Å²) in [6.07, 6.45) is 1.77. The third-order valence-electron chi connectivity index (χ3n) is 4.48. The van der Waals surface area contributed by atoms with E-state index in [4.69, 9.17) is 5.73 Å². The number of benzene rings is 2. The molecule has 4 nitrogen and oxygen atoms in total. The van der Waals surface area contributed by atoms with Crippen LogP contribution in [-0.2, 0) is 22.4 Å². The standard InChI is InChI=1S/C20H22N2O2S/c1-3-13-8-7-9-14(4-2)19(13)22-18(23)12-17(20(22)24)25-16-11-6-5-10-15(16)21/h5-11,17H,3-4,12,21H2,1-2H3/t17-/m0/s1. The van der Waals surface area contributed by atoms with E-state index in [-0.39, 0.29) is 18.2 Å². The number of nitrogens with two attached hydrogens (primary N) is 1. The molecule has 2 amide bonds. The van der Waals surface area contributed by atoms with Crippen molar-refractivity contribution in [3.63, 3.8) is 0 Å². The van der Waals surface area contributed by atoms with Gasteiger partial charge < -0.3 is 5.73 Å². The lowest BCUT2D eigenvalue weighted by molar-refractivity contribution is -0.121. The van der Waals surface area contributed by atoms with Crippen LogP contribution in [0, 0.1) is 0 Å². The van der Waals surface area contributed by atoms with Crippen molar-refractivity contribution in [2.24, 2.45) is 0 Å². The molecule has 1 atom stereocenters. The molecule has 5 heteroatoms. The molecular weight excluding hydrogens is 332 g/mol. The van der Waals surface area contributed by atoms with E-state index in [0.29, 0.717) is 5.69 Å². The number of nitrogens with zero attached hydrogens (tertiary/aromatic N) is 1. The van der Waals surface area contributed by atoms with Gasteiger partial charge in [-0.2, -0.15) is 0 Å². The number of imide groups is 1. The number of nitrogen functional groups attached to an aromatic ring is 1. The van der Waals surface area contributed by atoms with Gasteiger partial charge in [-0.15, -0.1) is 11.8 Å². The Balaban J connectivity index is 1.94. The number of carbonyl (C=O) groups is 2. The van der Waals surface area contributed by atoms with Gasteiger partial charge in [0.1, 0.15) is 0 Å². The number of aryl methyl sites for hydroxylation is 2. The first-order valence-electron chi connectivity index (χ1n) is 8.55. The molecule has 25 heavy (non-hydrogen) atoms. The summed E-state index contributed by atoms with van der Waals surface area (Å²) >= 11 is 1.38. The van der Waals surface area contributed by atoms with Crippen molar-refractivity contribution in [2.75, 3.05) is 10.6 Å². The van der Waals surface area contributed by atoms with Gasteiger partial charge >= 0.3 is 0 Å². The monoisotopic (exact) mass is 354 g/mol. The number of para-hydroxylation sites is 2. The fraction of sp³-hybridized carbons (Fsp3) is 0.300. The van der Waals surface area contributed by atoms with Crippen LogP contribution >= 0.6 is 11.8 Å². The highest BCUT2D eigenvalue weighted by molar-refractivity contribution is 8.00. The smallest absolute Gasteiger partial charge is 0.247 e. The molecular formula is C20H22N2O2S. The molecule has 0 radical (unpaired) electrons. The van der Waals surface area contributed by atoms with Crippen molar-refractivity contribution in [1.29, 1.82) is 0 Å². The molecule has 0 unspecified atom stereocenters. The summed E-state index contributed by atoms with van der Waals surface area (Å²) in [5.41, 5.74) is 9.47. The van der Waals surface area contributed by atoms with E-state index in [1.54, 1.807) is 0 Å². The van der Waals surface area contributed by atoms with Crippen molar-refractivity contribution in [3.05, 3.63) is 53.6 Å². The highest BCUT2D eigenvalue weighted by atomic mass is 32.2. The largest absolute Gasteiger partial charge is 0.398 e. The second-order valence-corrected chi connectivity index (χ2v) is 7.29. The highest BCUT2D eigenvalue weighted by Gasteiger charge is 2.41. The Hall–Kier alpha value is -2.27. The molecule has 1 saturated heterocycles. The maximum atomic E-state index is 13.0. The Morgan fingerprint density at radius 1 is 1.04 bits per heavy atom. The van der Waals surface area contributed by atoms with E-state index < -0.39 is 5.25 Å². The molecule has 1 aliphatic heterocycles. The zero-order valence-corrected chi connectivity index (χ0v) is 15.3. The second-order valence-electron chi connectivity index (χ2n) is 6.05. The quantitative estimate of drug-likeness (QED) is 0.655. The molecule has 0 aromatic heterocycles. The molecule has 1 heterocycles. The van der Waals surface area contributed by atoms with Crippen LogP contribution in [-0.4, -0.2) is 17.1 Å². The van der Waals surface area contributed by atoms with Crippen LogP contribution in [0.4, 0.5) is 11.4 Å². The van der Waals surface area contributed by atoms with Crippen molar-refractivity contribution in [2.45, 2.75) is 43.3 Å². The lowest BCUT2D eigenvalue weighted by atomic mass is 10.0. The lowest BCUT2D eigenvalue weighted by Crippen LogP contribution is -2.32. The Morgan fingerprint density at radius 2 is 1.68 bits per heavy atom. The van der Waals surface area contributed by atoms with Gasteiger partial charge in [-0.05, 0) is 36.1 Å². The van der Waals surface area contributed by atoms with E-state index in [1.807, 2.05) is 56.3 Å². The van der Waals surface area contributed by atoms with Crippen LogP contribution in [0.15, 0.2) is 47.4 Å². The number of anilines is 2. The van der Waals surface area contributed by atoms with Gasteiger partial charge in [0, 0.05) is 17.0 Å². The first kappa shape index (κ1) is 17.5. The van der Waals surface area contributed by atoms with Gasteiger partial charge in [0.15, 0.2) is 0 Å². The van der Waals surface area contributed by atoms with Gasteiger partial charge in [0.05, 0.1) is 10.9 Å². The SMILES string of the molecule is CCc1cccc(CC)c1N1C(=O)C[C@H](Sc2ccccc2N)C1=O. The van der Waals surface area contributed by atoms with Gasteiger partial charge in [-0.3, -0.25) is 9.59 Å². The number of thioether (sulfide) groups is 1. The van der Waals surface area contributed by atoms with Crippen molar-refractivity contribution in [1.82, 2.24) is 0 Å². The van der Waals surface area contributed by atoms with Crippen molar-refractivity contribution in [3.8, 4) is 0 Å². The fourth-order valence-corrected chi connectivity index (χ4v) is 4.27. The van der Waals surface area contributed by atoms with E-state index in [2.05, 4.69) is 0 Å². The summed E-state index contributed by atoms with van der Waals surface area (Å²) in [5.74, 6) is -0.276. The number of carbonyl (C=O) groups excluding carboxylic acids is 2. The Labute approximate surface area is 152 Å². The minimum Gasteiger partial charge on any atom is -0.398 e. The first-order chi connectivity index (χ1) is 12.1. The van der Waals surface area contributed by atoms with Crippen LogP contribution < -0.4 is 10.6 Å². The Bertz CT molecular complexity index is 797. The lowest BCUT2D eigenvalue weighted by Gasteiger charge is -2.22. The molecule has 2 aromatic carbocycles. The van der Waals surface area contributed by atoms with E-state index in [0.717, 1.165) is 34.6 Å². The predicted octanol–water partition coefficient (Wildman–Crippen LogP) is 3.82. The Kier molecular flexibility index (Phi) is 5.13. The van der Waals surface area contributed by atoms with E-state index >= 15 is 0 Å². The molecule has 0 bridgehead atoms. The Morgan fingerprint density at radius 3 is 2.28 bits per heavy atom.